The van der Waals surface area contributed by atoms with E-state index in [0.717, 1.165) is 14.9 Å². The van der Waals surface area contributed by atoms with E-state index in [1.165, 1.54) is 13.2 Å². The first-order chi connectivity index (χ1) is 12.4. The van der Waals surface area contributed by atoms with Crippen LogP contribution in [0.15, 0.2) is 52.5 Å². The van der Waals surface area contributed by atoms with Gasteiger partial charge in [-0.15, -0.1) is 0 Å². The minimum absolute atomic E-state index is 0.150. The number of nitrogens with one attached hydrogen (secondary N) is 1. The molecule has 0 spiro atoms. The fourth-order valence-corrected chi connectivity index (χ4v) is 3.01. The maximum Gasteiger partial charge on any atom is 0.335 e. The number of halogens is 1. The third-order valence-corrected chi connectivity index (χ3v) is 4.35. The summed E-state index contributed by atoms with van der Waals surface area (Å²) in [7, 11) is 1.50. The molecule has 26 heavy (non-hydrogen) atoms. The summed E-state index contributed by atoms with van der Waals surface area (Å²) in [5.41, 5.74) is 1.67. The van der Waals surface area contributed by atoms with Crippen LogP contribution in [-0.2, 0) is 9.59 Å². The molecule has 7 heteroatoms. The lowest BCUT2D eigenvalue weighted by Gasteiger charge is -2.26. The Kier molecular flexibility index (Phi) is 4.90. The van der Waals surface area contributed by atoms with Crippen LogP contribution < -0.4 is 15.0 Å². The van der Waals surface area contributed by atoms with Gasteiger partial charge in [0.2, 0.25) is 0 Å². The number of amides is 4. The molecule has 0 saturated carbocycles. The molecule has 2 aromatic carbocycles. The summed E-state index contributed by atoms with van der Waals surface area (Å²) in [5.74, 6) is -0.933. The van der Waals surface area contributed by atoms with Gasteiger partial charge >= 0.3 is 6.03 Å². The van der Waals surface area contributed by atoms with E-state index in [0.29, 0.717) is 17.0 Å². The van der Waals surface area contributed by atoms with Crippen molar-refractivity contribution < 1.29 is 19.1 Å². The molecule has 3 rings (SSSR count). The number of rotatable bonds is 3. The molecule has 0 unspecified atom stereocenters. The molecule has 6 nitrogen and oxygen atoms in total. The van der Waals surface area contributed by atoms with Gasteiger partial charge in [0.25, 0.3) is 11.8 Å². The first kappa shape index (κ1) is 17.9. The maximum absolute atomic E-state index is 12.9. The van der Waals surface area contributed by atoms with Crippen LogP contribution in [0.1, 0.15) is 11.1 Å². The highest BCUT2D eigenvalue weighted by molar-refractivity contribution is 9.10. The number of methoxy groups -OCH3 is 1. The van der Waals surface area contributed by atoms with Gasteiger partial charge in [0.1, 0.15) is 11.3 Å². The van der Waals surface area contributed by atoms with Crippen molar-refractivity contribution in [3.05, 3.63) is 63.6 Å². The van der Waals surface area contributed by atoms with E-state index in [2.05, 4.69) is 21.2 Å². The number of hydrogen-bond donors (Lipinski definition) is 1. The van der Waals surface area contributed by atoms with E-state index in [1.54, 1.807) is 36.4 Å². The topological polar surface area (TPSA) is 75.7 Å². The summed E-state index contributed by atoms with van der Waals surface area (Å²) in [6.07, 6.45) is 1.41. The van der Waals surface area contributed by atoms with E-state index in [1.807, 2.05) is 13.0 Å². The number of ether oxygens (including phenoxy) is 1. The van der Waals surface area contributed by atoms with Gasteiger partial charge in [-0.05, 0) is 48.9 Å². The summed E-state index contributed by atoms with van der Waals surface area (Å²) < 4.78 is 6.04. The summed E-state index contributed by atoms with van der Waals surface area (Å²) in [5, 5.41) is 2.21. The molecule has 1 heterocycles. The van der Waals surface area contributed by atoms with Gasteiger partial charge in [-0.3, -0.25) is 14.9 Å². The minimum Gasteiger partial charge on any atom is -0.496 e. The Bertz CT molecular complexity index is 952. The molecule has 1 N–H and O–H groups in total. The van der Waals surface area contributed by atoms with Crippen molar-refractivity contribution in [1.82, 2.24) is 5.32 Å². The third-order valence-electron chi connectivity index (χ3n) is 3.85. The number of aryl methyl sites for hydroxylation is 1. The van der Waals surface area contributed by atoms with Crippen LogP contribution in [-0.4, -0.2) is 25.0 Å². The van der Waals surface area contributed by atoms with Crippen LogP contribution in [0, 0.1) is 6.92 Å². The molecule has 2 aromatic rings. The Balaban J connectivity index is 2.07. The van der Waals surface area contributed by atoms with Gasteiger partial charge in [-0.25, -0.2) is 9.69 Å². The Morgan fingerprint density at radius 3 is 2.58 bits per heavy atom. The van der Waals surface area contributed by atoms with Crippen LogP contribution in [0.25, 0.3) is 6.08 Å². The molecule has 0 bridgehead atoms. The van der Waals surface area contributed by atoms with Gasteiger partial charge in [-0.1, -0.05) is 28.1 Å². The van der Waals surface area contributed by atoms with Crippen LogP contribution in [0.2, 0.25) is 0 Å². The van der Waals surface area contributed by atoms with Crippen molar-refractivity contribution in [1.29, 1.82) is 0 Å². The SMILES string of the molecule is COc1ccc(Br)cc1/C=C1\C(=O)NC(=O)N(c2cccc(C)c2)C1=O. The normalized spacial score (nSPS) is 16.0. The molecule has 0 radical (unpaired) electrons. The summed E-state index contributed by atoms with van der Waals surface area (Å²) >= 11 is 3.35. The number of carbonyl (C=O) groups excluding carboxylic acids is 3. The number of imide groups is 2. The van der Waals surface area contributed by atoms with E-state index in [-0.39, 0.29) is 5.57 Å². The second-order valence-electron chi connectivity index (χ2n) is 5.68. The quantitative estimate of drug-likeness (QED) is 0.616. The van der Waals surface area contributed by atoms with Gasteiger partial charge in [0.15, 0.2) is 0 Å². The highest BCUT2D eigenvalue weighted by Gasteiger charge is 2.37. The number of urea groups is 1. The smallest absolute Gasteiger partial charge is 0.335 e. The van der Waals surface area contributed by atoms with Crippen molar-refractivity contribution in [2.24, 2.45) is 0 Å². The van der Waals surface area contributed by atoms with Gasteiger partial charge in [0.05, 0.1) is 12.8 Å². The molecule has 0 atom stereocenters. The van der Waals surface area contributed by atoms with Crippen molar-refractivity contribution in [2.75, 3.05) is 12.0 Å². The minimum atomic E-state index is -0.774. The Morgan fingerprint density at radius 1 is 1.12 bits per heavy atom. The lowest BCUT2D eigenvalue weighted by molar-refractivity contribution is -0.122. The average molecular weight is 415 g/mol. The van der Waals surface area contributed by atoms with Crippen LogP contribution in [0.5, 0.6) is 5.75 Å². The number of benzene rings is 2. The summed E-state index contributed by atoms with van der Waals surface area (Å²) in [4.78, 5) is 38.3. The van der Waals surface area contributed by atoms with Crippen LogP contribution in [0.3, 0.4) is 0 Å². The number of anilines is 1. The number of carbonyl (C=O) groups is 3. The predicted molar refractivity (Wildman–Crippen MR) is 101 cm³/mol. The molecular weight excluding hydrogens is 400 g/mol. The van der Waals surface area contributed by atoms with E-state index in [9.17, 15) is 14.4 Å². The fourth-order valence-electron chi connectivity index (χ4n) is 2.63. The van der Waals surface area contributed by atoms with E-state index >= 15 is 0 Å². The largest absolute Gasteiger partial charge is 0.496 e. The van der Waals surface area contributed by atoms with Crippen LogP contribution in [0.4, 0.5) is 10.5 Å². The summed E-state index contributed by atoms with van der Waals surface area (Å²) in [6, 6.07) is 11.4. The second kappa shape index (κ2) is 7.13. The monoisotopic (exact) mass is 414 g/mol. The van der Waals surface area contributed by atoms with Gasteiger partial charge < -0.3 is 4.74 Å². The number of barbiturate groups is 1. The fraction of sp³-hybridized carbons (Fsp3) is 0.105. The molecule has 1 saturated heterocycles. The predicted octanol–water partition coefficient (Wildman–Crippen LogP) is 3.43. The zero-order valence-corrected chi connectivity index (χ0v) is 15.7. The van der Waals surface area contributed by atoms with E-state index < -0.39 is 17.8 Å². The average Bonchev–Trinajstić information content (AvgIpc) is 2.58. The van der Waals surface area contributed by atoms with Crippen molar-refractivity contribution in [3.8, 4) is 5.75 Å². The highest BCUT2D eigenvalue weighted by atomic mass is 79.9. The Hall–Kier alpha value is -2.93. The van der Waals surface area contributed by atoms with Gasteiger partial charge in [-0.2, -0.15) is 0 Å². The standard InChI is InChI=1S/C19H15BrN2O4/c1-11-4-3-5-14(8-11)22-18(24)15(17(23)21-19(22)25)10-12-9-13(20)6-7-16(12)26-2/h3-10H,1-2H3,(H,21,23,25)/b15-10+. The highest BCUT2D eigenvalue weighted by Crippen LogP contribution is 2.28. The number of nitrogens with zero attached hydrogens (tertiary/aromatic N) is 1. The molecule has 132 valence electrons. The zero-order chi connectivity index (χ0) is 18.8. The third kappa shape index (κ3) is 3.39. The zero-order valence-electron chi connectivity index (χ0n) is 14.1. The molecule has 1 aliphatic rings. The van der Waals surface area contributed by atoms with E-state index in [4.69, 9.17) is 4.74 Å². The lowest BCUT2D eigenvalue weighted by atomic mass is 10.1. The van der Waals surface area contributed by atoms with Crippen molar-refractivity contribution in [2.45, 2.75) is 6.92 Å². The molecule has 0 aliphatic carbocycles. The lowest BCUT2D eigenvalue weighted by Crippen LogP contribution is -2.54. The number of hydrogen-bond acceptors (Lipinski definition) is 4. The first-order valence-corrected chi connectivity index (χ1v) is 8.51. The first-order valence-electron chi connectivity index (χ1n) is 7.72. The molecular formula is C19H15BrN2O4. The van der Waals surface area contributed by atoms with Crippen molar-refractivity contribution in [3.63, 3.8) is 0 Å². The maximum atomic E-state index is 12.9. The summed E-state index contributed by atoms with van der Waals surface area (Å²) in [6.45, 7) is 1.85. The molecule has 1 fully saturated rings. The van der Waals surface area contributed by atoms with Crippen molar-refractivity contribution >= 4 is 45.5 Å². The Labute approximate surface area is 158 Å². The Morgan fingerprint density at radius 2 is 1.88 bits per heavy atom. The molecule has 4 amide bonds. The van der Waals surface area contributed by atoms with Gasteiger partial charge in [0, 0.05) is 10.0 Å². The second-order valence-corrected chi connectivity index (χ2v) is 6.60. The van der Waals surface area contributed by atoms with Crippen LogP contribution >= 0.6 is 15.9 Å². The molecule has 1 aliphatic heterocycles. The molecule has 0 aromatic heterocycles.